The Morgan fingerprint density at radius 3 is 2.61 bits per heavy atom. The third-order valence-corrected chi connectivity index (χ3v) is 5.62. The number of nitrogens with two attached hydrogens (primary N) is 1. The van der Waals surface area contributed by atoms with Gasteiger partial charge in [0.25, 0.3) is 0 Å². The maximum absolute atomic E-state index is 6.13. The fourth-order valence-electron chi connectivity index (χ4n) is 2.97. The van der Waals surface area contributed by atoms with E-state index in [4.69, 9.17) is 5.73 Å². The van der Waals surface area contributed by atoms with Gasteiger partial charge in [0.05, 0.1) is 0 Å². The normalized spacial score (nSPS) is 27.9. The summed E-state index contributed by atoms with van der Waals surface area (Å²) in [5.74, 6) is 1.24. The Hall–Kier alpha value is -0.510. The van der Waals surface area contributed by atoms with Crippen molar-refractivity contribution in [1.82, 2.24) is 4.90 Å². The summed E-state index contributed by atoms with van der Waals surface area (Å²) in [5.41, 5.74) is 7.71. The van der Waals surface area contributed by atoms with Crippen LogP contribution in [0.3, 0.4) is 0 Å². The van der Waals surface area contributed by atoms with E-state index in [1.165, 1.54) is 17.7 Å². The third kappa shape index (κ3) is 2.58. The van der Waals surface area contributed by atoms with E-state index in [1.807, 2.05) is 0 Å². The zero-order valence-electron chi connectivity index (χ0n) is 11.4. The fourth-order valence-corrected chi connectivity index (χ4v) is 4.47. The van der Waals surface area contributed by atoms with E-state index in [0.29, 0.717) is 5.25 Å². The average Bonchev–Trinajstić information content (AvgIpc) is 2.79. The Labute approximate surface area is 115 Å². The molecule has 2 unspecified atom stereocenters. The van der Waals surface area contributed by atoms with Crippen LogP contribution in [0.1, 0.15) is 25.8 Å². The molecule has 1 aliphatic rings. The van der Waals surface area contributed by atoms with Crippen LogP contribution in [-0.2, 0) is 6.54 Å². The summed E-state index contributed by atoms with van der Waals surface area (Å²) in [6.07, 6.45) is 1.22. The van der Waals surface area contributed by atoms with E-state index in [9.17, 15) is 0 Å². The topological polar surface area (TPSA) is 29.3 Å². The highest BCUT2D eigenvalue weighted by atomic mass is 32.2. The molecule has 18 heavy (non-hydrogen) atoms. The van der Waals surface area contributed by atoms with Gasteiger partial charge in [-0.2, -0.15) is 11.8 Å². The van der Waals surface area contributed by atoms with Crippen molar-refractivity contribution >= 4 is 11.8 Å². The molecule has 0 saturated carbocycles. The van der Waals surface area contributed by atoms with Crippen LogP contribution < -0.4 is 5.73 Å². The molecule has 2 atom stereocenters. The molecule has 1 aliphatic heterocycles. The van der Waals surface area contributed by atoms with Gasteiger partial charge in [0.15, 0.2) is 0 Å². The van der Waals surface area contributed by atoms with E-state index in [-0.39, 0.29) is 5.54 Å². The molecule has 0 aliphatic carbocycles. The Balaban J connectivity index is 2.17. The standard InChI is InChI=1S/C15H24N2S/c1-3-17(11-14-7-5-4-6-8-14)15(12-16)9-10-18-13(15)2/h4-8,13H,3,9-12,16H2,1-2H3. The molecule has 1 aromatic rings. The van der Waals surface area contributed by atoms with Crippen LogP contribution in [0.5, 0.6) is 0 Å². The van der Waals surface area contributed by atoms with E-state index in [1.54, 1.807) is 0 Å². The highest BCUT2D eigenvalue weighted by molar-refractivity contribution is 8.00. The second-order valence-corrected chi connectivity index (χ2v) is 6.52. The molecule has 0 radical (unpaired) electrons. The van der Waals surface area contributed by atoms with Gasteiger partial charge in [-0.25, -0.2) is 0 Å². The van der Waals surface area contributed by atoms with Crippen LogP contribution in [0.4, 0.5) is 0 Å². The quantitative estimate of drug-likeness (QED) is 0.886. The van der Waals surface area contributed by atoms with Crippen LogP contribution in [0.15, 0.2) is 30.3 Å². The van der Waals surface area contributed by atoms with E-state index < -0.39 is 0 Å². The van der Waals surface area contributed by atoms with Crippen molar-refractivity contribution in [2.75, 3.05) is 18.8 Å². The molecule has 1 heterocycles. The summed E-state index contributed by atoms with van der Waals surface area (Å²) in [6, 6.07) is 10.7. The lowest BCUT2D eigenvalue weighted by atomic mass is 9.90. The Bertz CT molecular complexity index is 368. The van der Waals surface area contributed by atoms with E-state index >= 15 is 0 Å². The first-order valence-corrected chi connectivity index (χ1v) is 7.88. The van der Waals surface area contributed by atoms with Crippen LogP contribution in [0.25, 0.3) is 0 Å². The summed E-state index contributed by atoms with van der Waals surface area (Å²) >= 11 is 2.06. The molecule has 1 aromatic carbocycles. The molecule has 100 valence electrons. The minimum Gasteiger partial charge on any atom is -0.329 e. The summed E-state index contributed by atoms with van der Waals surface area (Å²) < 4.78 is 0. The van der Waals surface area contributed by atoms with Crippen molar-refractivity contribution in [3.8, 4) is 0 Å². The summed E-state index contributed by atoms with van der Waals surface area (Å²) in [5, 5.41) is 0.631. The SMILES string of the molecule is CCN(Cc1ccccc1)C1(CN)CCSC1C. The molecule has 3 heteroatoms. The van der Waals surface area contributed by atoms with E-state index in [2.05, 4.69) is 60.8 Å². The lowest BCUT2D eigenvalue weighted by Crippen LogP contribution is -2.57. The first-order valence-electron chi connectivity index (χ1n) is 6.83. The highest BCUT2D eigenvalue weighted by Gasteiger charge is 2.43. The zero-order chi connectivity index (χ0) is 13.0. The molecule has 0 amide bonds. The highest BCUT2D eigenvalue weighted by Crippen LogP contribution is 2.40. The predicted molar refractivity (Wildman–Crippen MR) is 80.8 cm³/mol. The van der Waals surface area contributed by atoms with E-state index in [0.717, 1.165) is 19.6 Å². The number of benzene rings is 1. The second kappa shape index (κ2) is 6.09. The number of hydrogen-bond donors (Lipinski definition) is 1. The number of likely N-dealkylation sites (N-methyl/N-ethyl adjacent to an activating group) is 1. The van der Waals surface area contributed by atoms with Crippen molar-refractivity contribution in [2.24, 2.45) is 5.73 Å². The van der Waals surface area contributed by atoms with Crippen LogP contribution in [0, 0.1) is 0 Å². The smallest absolute Gasteiger partial charge is 0.0458 e. The molecule has 0 bridgehead atoms. The maximum atomic E-state index is 6.13. The first-order chi connectivity index (χ1) is 8.73. The number of hydrogen-bond acceptors (Lipinski definition) is 3. The Morgan fingerprint density at radius 2 is 2.11 bits per heavy atom. The van der Waals surface area contributed by atoms with Gasteiger partial charge in [0.2, 0.25) is 0 Å². The molecular formula is C15H24N2S. The van der Waals surface area contributed by atoms with Crippen molar-refractivity contribution < 1.29 is 0 Å². The molecule has 1 fully saturated rings. The van der Waals surface area contributed by atoms with Crippen molar-refractivity contribution in [1.29, 1.82) is 0 Å². The molecule has 0 aromatic heterocycles. The van der Waals surface area contributed by atoms with Crippen LogP contribution in [0.2, 0.25) is 0 Å². The lowest BCUT2D eigenvalue weighted by Gasteiger charge is -2.43. The van der Waals surface area contributed by atoms with Gasteiger partial charge < -0.3 is 5.73 Å². The van der Waals surface area contributed by atoms with Crippen molar-refractivity contribution in [3.05, 3.63) is 35.9 Å². The molecule has 2 nitrogen and oxygen atoms in total. The molecule has 0 spiro atoms. The van der Waals surface area contributed by atoms with Gasteiger partial charge in [0, 0.05) is 23.9 Å². The molecule has 2 N–H and O–H groups in total. The summed E-state index contributed by atoms with van der Waals surface area (Å²) in [7, 11) is 0. The zero-order valence-corrected chi connectivity index (χ0v) is 12.2. The number of nitrogens with zero attached hydrogens (tertiary/aromatic N) is 1. The largest absolute Gasteiger partial charge is 0.329 e. The van der Waals surface area contributed by atoms with Gasteiger partial charge in [0.1, 0.15) is 0 Å². The molecule has 2 rings (SSSR count). The van der Waals surface area contributed by atoms with Gasteiger partial charge in [-0.05, 0) is 24.3 Å². The second-order valence-electron chi connectivity index (χ2n) is 5.07. The molecular weight excluding hydrogens is 240 g/mol. The predicted octanol–water partition coefficient (Wildman–Crippen LogP) is 2.73. The van der Waals surface area contributed by atoms with Crippen molar-refractivity contribution in [2.45, 2.75) is 37.6 Å². The number of thioether (sulfide) groups is 1. The Morgan fingerprint density at radius 1 is 1.39 bits per heavy atom. The van der Waals surface area contributed by atoms with Gasteiger partial charge in [-0.15, -0.1) is 0 Å². The summed E-state index contributed by atoms with van der Waals surface area (Å²) in [4.78, 5) is 2.58. The lowest BCUT2D eigenvalue weighted by molar-refractivity contribution is 0.0953. The minimum atomic E-state index is 0.190. The fraction of sp³-hybridized carbons (Fsp3) is 0.600. The van der Waals surface area contributed by atoms with Crippen LogP contribution in [-0.4, -0.2) is 34.5 Å². The van der Waals surface area contributed by atoms with Crippen molar-refractivity contribution in [3.63, 3.8) is 0 Å². The monoisotopic (exact) mass is 264 g/mol. The minimum absolute atomic E-state index is 0.190. The Kier molecular flexibility index (Phi) is 4.71. The van der Waals surface area contributed by atoms with Gasteiger partial charge in [-0.1, -0.05) is 44.2 Å². The van der Waals surface area contributed by atoms with Gasteiger partial charge >= 0.3 is 0 Å². The first kappa shape index (κ1) is 13.9. The molecule has 1 saturated heterocycles. The summed E-state index contributed by atoms with van der Waals surface area (Å²) in [6.45, 7) is 7.42. The average molecular weight is 264 g/mol. The third-order valence-electron chi connectivity index (χ3n) is 4.24. The van der Waals surface area contributed by atoms with Gasteiger partial charge in [-0.3, -0.25) is 4.90 Å². The van der Waals surface area contributed by atoms with Crippen LogP contribution >= 0.6 is 11.8 Å². The maximum Gasteiger partial charge on any atom is 0.0458 e. The number of rotatable bonds is 5.